The number of amides is 1. The summed E-state index contributed by atoms with van der Waals surface area (Å²) in [7, 11) is 0. The Kier molecular flexibility index (Phi) is 3.67. The maximum absolute atomic E-state index is 11.8. The van der Waals surface area contributed by atoms with Crippen LogP contribution >= 0.6 is 23.1 Å². The molecule has 0 saturated carbocycles. The van der Waals surface area contributed by atoms with Gasteiger partial charge in [-0.15, -0.1) is 0 Å². The van der Waals surface area contributed by atoms with Crippen LogP contribution in [0.5, 0.6) is 0 Å². The Labute approximate surface area is 102 Å². The molecule has 1 atom stereocenters. The molecule has 1 saturated heterocycles. The summed E-state index contributed by atoms with van der Waals surface area (Å²) in [4.78, 5) is 16.0. The van der Waals surface area contributed by atoms with Crippen molar-refractivity contribution in [3.63, 3.8) is 0 Å². The first-order valence-corrected chi connectivity index (χ1v) is 6.93. The van der Waals surface area contributed by atoms with Crippen LogP contribution in [0.15, 0.2) is 4.34 Å². The third kappa shape index (κ3) is 2.47. The van der Waals surface area contributed by atoms with E-state index in [1.54, 1.807) is 0 Å². The number of nitrogens with two attached hydrogens (primary N) is 1. The second-order valence-corrected chi connectivity index (χ2v) is 5.51. The quantitative estimate of drug-likeness (QED) is 0.791. The smallest absolute Gasteiger partial charge is 0.273 e. The predicted molar refractivity (Wildman–Crippen MR) is 65.0 cm³/mol. The molecule has 0 unspecified atom stereocenters. The topological polar surface area (TPSA) is 77.2 Å². The van der Waals surface area contributed by atoms with Crippen LogP contribution < -0.4 is 11.1 Å². The lowest BCUT2D eigenvalue weighted by Crippen LogP contribution is -2.35. The minimum Gasteiger partial charge on any atom is -0.389 e. The molecule has 1 aromatic heterocycles. The maximum Gasteiger partial charge on any atom is 0.273 e. The van der Waals surface area contributed by atoms with Gasteiger partial charge in [-0.25, -0.2) is 4.98 Å². The van der Waals surface area contributed by atoms with Crippen molar-refractivity contribution in [2.24, 2.45) is 0 Å². The summed E-state index contributed by atoms with van der Waals surface area (Å²) in [6.45, 7) is 1.28. The molecular formula is C9H13N3O2S2. The van der Waals surface area contributed by atoms with Gasteiger partial charge in [0.05, 0.1) is 12.6 Å². The largest absolute Gasteiger partial charge is 0.389 e. The third-order valence-electron chi connectivity index (χ3n) is 2.29. The van der Waals surface area contributed by atoms with Crippen LogP contribution in [0.25, 0.3) is 0 Å². The fourth-order valence-electron chi connectivity index (χ4n) is 1.46. The van der Waals surface area contributed by atoms with Crippen molar-refractivity contribution in [3.8, 4) is 0 Å². The molecule has 1 aliphatic rings. The van der Waals surface area contributed by atoms with E-state index < -0.39 is 0 Å². The summed E-state index contributed by atoms with van der Waals surface area (Å²) >= 11 is 2.82. The summed E-state index contributed by atoms with van der Waals surface area (Å²) in [5.74, 6) is -0.204. The van der Waals surface area contributed by atoms with Crippen molar-refractivity contribution in [1.29, 1.82) is 0 Å². The van der Waals surface area contributed by atoms with E-state index in [9.17, 15) is 4.79 Å². The summed E-state index contributed by atoms with van der Waals surface area (Å²) in [5.41, 5.74) is 6.08. The van der Waals surface area contributed by atoms with Crippen LogP contribution in [0.2, 0.25) is 0 Å². The molecule has 0 aromatic carbocycles. The molecule has 0 aliphatic carbocycles. The minimum atomic E-state index is -0.204. The van der Waals surface area contributed by atoms with Gasteiger partial charge < -0.3 is 15.8 Å². The van der Waals surface area contributed by atoms with Crippen LogP contribution in [0, 0.1) is 0 Å². The number of anilines is 1. The third-order valence-corrected chi connectivity index (χ3v) is 4.16. The van der Waals surface area contributed by atoms with Crippen molar-refractivity contribution in [3.05, 3.63) is 5.69 Å². The van der Waals surface area contributed by atoms with Gasteiger partial charge in [-0.3, -0.25) is 4.79 Å². The van der Waals surface area contributed by atoms with Gasteiger partial charge in [0, 0.05) is 6.61 Å². The number of carbonyl (C=O) groups excluding carboxylic acids is 1. The molecule has 0 radical (unpaired) electrons. The van der Waals surface area contributed by atoms with E-state index in [0.29, 0.717) is 23.9 Å². The molecule has 5 nitrogen and oxygen atoms in total. The van der Waals surface area contributed by atoms with E-state index in [1.165, 1.54) is 23.1 Å². The number of nitrogen functional groups attached to an aromatic ring is 1. The summed E-state index contributed by atoms with van der Waals surface area (Å²) in [6.07, 6.45) is 2.76. The average Bonchev–Trinajstić information content (AvgIpc) is 2.87. The Morgan fingerprint density at radius 3 is 3.12 bits per heavy atom. The molecular weight excluding hydrogens is 246 g/mol. The van der Waals surface area contributed by atoms with Gasteiger partial charge in [0.15, 0.2) is 10.0 Å². The maximum atomic E-state index is 11.8. The molecule has 2 rings (SSSR count). The minimum absolute atomic E-state index is 0.0892. The second kappa shape index (κ2) is 5.03. The van der Waals surface area contributed by atoms with Crippen molar-refractivity contribution in [1.82, 2.24) is 10.3 Å². The number of thioether (sulfide) groups is 1. The number of aromatic nitrogens is 1. The highest BCUT2D eigenvalue weighted by Gasteiger charge is 2.22. The van der Waals surface area contributed by atoms with Gasteiger partial charge >= 0.3 is 0 Å². The van der Waals surface area contributed by atoms with Gasteiger partial charge in [-0.2, -0.15) is 0 Å². The number of ether oxygens (including phenoxy) is 1. The Morgan fingerprint density at radius 1 is 1.75 bits per heavy atom. The zero-order valence-corrected chi connectivity index (χ0v) is 10.5. The number of thiazole rings is 1. The van der Waals surface area contributed by atoms with E-state index in [4.69, 9.17) is 10.5 Å². The zero-order valence-electron chi connectivity index (χ0n) is 8.86. The first kappa shape index (κ1) is 11.7. The molecule has 1 fully saturated rings. The number of rotatable bonds is 3. The van der Waals surface area contributed by atoms with E-state index in [0.717, 1.165) is 10.8 Å². The zero-order chi connectivity index (χ0) is 11.5. The van der Waals surface area contributed by atoms with Gasteiger partial charge in [0.25, 0.3) is 5.91 Å². The van der Waals surface area contributed by atoms with E-state index >= 15 is 0 Å². The molecule has 0 spiro atoms. The molecule has 7 heteroatoms. The molecule has 3 N–H and O–H groups in total. The normalized spacial score (nSPS) is 19.9. The number of nitrogens with zero attached hydrogens (tertiary/aromatic N) is 1. The van der Waals surface area contributed by atoms with Crippen molar-refractivity contribution < 1.29 is 9.53 Å². The molecule has 88 valence electrons. The number of hydrogen-bond acceptors (Lipinski definition) is 6. The van der Waals surface area contributed by atoms with Gasteiger partial charge in [0.1, 0.15) is 5.00 Å². The van der Waals surface area contributed by atoms with Crippen molar-refractivity contribution >= 4 is 34.0 Å². The van der Waals surface area contributed by atoms with Crippen molar-refractivity contribution in [2.75, 3.05) is 25.2 Å². The Morgan fingerprint density at radius 2 is 2.56 bits per heavy atom. The number of hydrogen-bond donors (Lipinski definition) is 2. The molecule has 1 amide bonds. The molecule has 1 aromatic rings. The van der Waals surface area contributed by atoms with Crippen LogP contribution in [-0.2, 0) is 4.74 Å². The van der Waals surface area contributed by atoms with Crippen LogP contribution in [0.3, 0.4) is 0 Å². The lowest BCUT2D eigenvalue weighted by atomic mass is 10.2. The first-order valence-electron chi connectivity index (χ1n) is 4.89. The Balaban J connectivity index is 2.04. The van der Waals surface area contributed by atoms with E-state index in [2.05, 4.69) is 10.3 Å². The molecule has 2 heterocycles. The number of carbonyl (C=O) groups is 1. The van der Waals surface area contributed by atoms with E-state index in [1.807, 2.05) is 6.26 Å². The molecule has 1 aliphatic heterocycles. The van der Waals surface area contributed by atoms with E-state index in [-0.39, 0.29) is 11.9 Å². The summed E-state index contributed by atoms with van der Waals surface area (Å²) in [6, 6.07) is 0.0892. The van der Waals surface area contributed by atoms with Gasteiger partial charge in [-0.05, 0) is 12.7 Å². The Bertz CT molecular complexity index is 388. The lowest BCUT2D eigenvalue weighted by Gasteiger charge is -2.08. The molecule has 0 bridgehead atoms. The monoisotopic (exact) mass is 259 g/mol. The van der Waals surface area contributed by atoms with Crippen LogP contribution in [0.4, 0.5) is 5.00 Å². The fourth-order valence-corrected chi connectivity index (χ4v) is 2.81. The van der Waals surface area contributed by atoms with Crippen molar-refractivity contribution in [2.45, 2.75) is 16.8 Å². The number of nitrogens with one attached hydrogen (secondary N) is 1. The first-order chi connectivity index (χ1) is 7.70. The standard InChI is InChI=1S/C9H13N3O2S2/c1-15-9-12-6(7(10)16-9)8(13)11-5-2-3-14-4-5/h5H,2-4,10H2,1H3,(H,11,13)/t5-/m1/s1. The molecule has 16 heavy (non-hydrogen) atoms. The van der Waals surface area contributed by atoms with Gasteiger partial charge in [-0.1, -0.05) is 23.1 Å². The predicted octanol–water partition coefficient (Wildman–Crippen LogP) is 0.966. The van der Waals surface area contributed by atoms with Crippen LogP contribution in [0.1, 0.15) is 16.9 Å². The highest BCUT2D eigenvalue weighted by Crippen LogP contribution is 2.27. The Hall–Kier alpha value is -0.790. The highest BCUT2D eigenvalue weighted by atomic mass is 32.2. The van der Waals surface area contributed by atoms with Crippen LogP contribution in [-0.4, -0.2) is 36.4 Å². The summed E-state index contributed by atoms with van der Waals surface area (Å²) in [5, 5.41) is 3.34. The SMILES string of the molecule is CSc1nc(C(=O)N[C@@H]2CCOC2)c(N)s1. The fraction of sp³-hybridized carbons (Fsp3) is 0.556. The average molecular weight is 259 g/mol. The summed E-state index contributed by atoms with van der Waals surface area (Å²) < 4.78 is 5.99. The highest BCUT2D eigenvalue weighted by molar-refractivity contribution is 8.00. The lowest BCUT2D eigenvalue weighted by molar-refractivity contribution is 0.0926. The van der Waals surface area contributed by atoms with Gasteiger partial charge in [0.2, 0.25) is 0 Å². The second-order valence-electron chi connectivity index (χ2n) is 3.43.